The molecular formula is C20H35IN4O3. The number of ether oxygens (including phenoxy) is 2. The average molecular weight is 506 g/mol. The molecule has 0 spiro atoms. The minimum Gasteiger partial charge on any atom is -0.453 e. The van der Waals surface area contributed by atoms with Crippen molar-refractivity contribution in [1.82, 2.24) is 10.6 Å². The lowest BCUT2D eigenvalue weighted by Crippen LogP contribution is -2.39. The van der Waals surface area contributed by atoms with E-state index >= 15 is 0 Å². The number of rotatable bonds is 10. The summed E-state index contributed by atoms with van der Waals surface area (Å²) in [4.78, 5) is 15.8. The van der Waals surface area contributed by atoms with Gasteiger partial charge in [0, 0.05) is 25.4 Å². The van der Waals surface area contributed by atoms with Gasteiger partial charge in [-0.05, 0) is 43.9 Å². The lowest BCUT2D eigenvalue weighted by atomic mass is 10.0. The first-order valence-electron chi connectivity index (χ1n) is 9.57. The van der Waals surface area contributed by atoms with E-state index in [1.54, 1.807) is 0 Å². The van der Waals surface area contributed by atoms with Crippen LogP contribution in [0, 0.1) is 5.92 Å². The van der Waals surface area contributed by atoms with E-state index in [2.05, 4.69) is 39.5 Å². The summed E-state index contributed by atoms with van der Waals surface area (Å²) in [5.74, 6) is 1.27. The molecule has 1 unspecified atom stereocenters. The number of nitrogens with zero attached hydrogens (tertiary/aromatic N) is 1. The van der Waals surface area contributed by atoms with Crippen LogP contribution in [0.15, 0.2) is 29.3 Å². The molecule has 0 saturated heterocycles. The van der Waals surface area contributed by atoms with Crippen LogP contribution in [0.5, 0.6) is 0 Å². The lowest BCUT2D eigenvalue weighted by molar-refractivity contribution is 0.0258. The number of methoxy groups -OCH3 is 1. The van der Waals surface area contributed by atoms with E-state index in [4.69, 9.17) is 4.74 Å². The topological polar surface area (TPSA) is 84.0 Å². The molecule has 0 aliphatic heterocycles. The fourth-order valence-electron chi connectivity index (χ4n) is 2.53. The highest BCUT2D eigenvalue weighted by Gasteiger charge is 2.12. The highest BCUT2D eigenvalue weighted by atomic mass is 127. The first-order chi connectivity index (χ1) is 13.0. The molecule has 0 heterocycles. The molecule has 1 atom stereocenters. The van der Waals surface area contributed by atoms with Gasteiger partial charge >= 0.3 is 6.09 Å². The summed E-state index contributed by atoms with van der Waals surface area (Å²) in [5.41, 5.74) is 1.74. The molecule has 8 heteroatoms. The Morgan fingerprint density at radius 2 is 1.82 bits per heavy atom. The third-order valence-electron chi connectivity index (χ3n) is 4.00. The van der Waals surface area contributed by atoms with E-state index in [-0.39, 0.29) is 30.1 Å². The second kappa shape index (κ2) is 15.4. The predicted octanol–water partition coefficient (Wildman–Crippen LogP) is 3.99. The van der Waals surface area contributed by atoms with Gasteiger partial charge in [0.05, 0.1) is 19.8 Å². The van der Waals surface area contributed by atoms with Gasteiger partial charge in [0.1, 0.15) is 0 Å². The van der Waals surface area contributed by atoms with Crippen LogP contribution in [0.1, 0.15) is 39.7 Å². The van der Waals surface area contributed by atoms with Crippen LogP contribution in [0.2, 0.25) is 0 Å². The number of hydrogen-bond acceptors (Lipinski definition) is 4. The number of nitrogens with one attached hydrogen (secondary N) is 3. The molecule has 1 rings (SSSR count). The number of benzene rings is 1. The summed E-state index contributed by atoms with van der Waals surface area (Å²) in [7, 11) is 1.34. The van der Waals surface area contributed by atoms with Crippen LogP contribution in [0.25, 0.3) is 0 Å². The summed E-state index contributed by atoms with van der Waals surface area (Å²) in [6, 6.07) is 7.53. The van der Waals surface area contributed by atoms with Gasteiger partial charge in [-0.3, -0.25) is 5.32 Å². The molecular weight excluding hydrogens is 471 g/mol. The maximum Gasteiger partial charge on any atom is 0.411 e. The smallest absolute Gasteiger partial charge is 0.411 e. The van der Waals surface area contributed by atoms with Gasteiger partial charge in [0.15, 0.2) is 5.96 Å². The van der Waals surface area contributed by atoms with Gasteiger partial charge in [0.25, 0.3) is 0 Å². The van der Waals surface area contributed by atoms with Crippen molar-refractivity contribution in [2.45, 2.75) is 46.8 Å². The molecule has 28 heavy (non-hydrogen) atoms. The van der Waals surface area contributed by atoms with Crippen molar-refractivity contribution < 1.29 is 14.3 Å². The molecule has 7 nitrogen and oxygen atoms in total. The number of aliphatic imine (C=N–C) groups is 1. The molecule has 1 aromatic carbocycles. The predicted molar refractivity (Wildman–Crippen MR) is 126 cm³/mol. The van der Waals surface area contributed by atoms with Crippen molar-refractivity contribution in [1.29, 1.82) is 0 Å². The van der Waals surface area contributed by atoms with Gasteiger partial charge in [-0.1, -0.05) is 26.0 Å². The van der Waals surface area contributed by atoms with E-state index in [1.807, 2.05) is 38.1 Å². The standard InChI is InChI=1S/C20H34N4O3.HI/c1-6-21-19(22-13-12-18(15(3)4)27-7-2)23-14-16-8-10-17(11-9-16)24-20(25)26-5;/h8-11,15,18H,6-7,12-14H2,1-5H3,(H,24,25)(H2,21,22,23);1H. The highest BCUT2D eigenvalue weighted by molar-refractivity contribution is 14.0. The normalized spacial score (nSPS) is 12.1. The Labute approximate surface area is 186 Å². The molecule has 0 radical (unpaired) electrons. The maximum atomic E-state index is 11.2. The minimum absolute atomic E-state index is 0. The monoisotopic (exact) mass is 506 g/mol. The Bertz CT molecular complexity index is 579. The van der Waals surface area contributed by atoms with Gasteiger partial charge in [-0.15, -0.1) is 24.0 Å². The van der Waals surface area contributed by atoms with Gasteiger partial charge in [-0.25, -0.2) is 9.79 Å². The molecule has 160 valence electrons. The Kier molecular flexibility index (Phi) is 14.5. The van der Waals surface area contributed by atoms with Crippen LogP contribution < -0.4 is 16.0 Å². The number of carbonyl (C=O) groups excluding carboxylic acids is 1. The van der Waals surface area contributed by atoms with Crippen molar-refractivity contribution >= 4 is 41.7 Å². The van der Waals surface area contributed by atoms with E-state index in [1.165, 1.54) is 7.11 Å². The number of anilines is 1. The molecule has 1 amide bonds. The third kappa shape index (κ3) is 10.7. The van der Waals surface area contributed by atoms with Crippen LogP contribution in [0.3, 0.4) is 0 Å². The Balaban J connectivity index is 0.00000729. The van der Waals surface area contributed by atoms with Crippen LogP contribution in [-0.2, 0) is 16.0 Å². The number of hydrogen-bond donors (Lipinski definition) is 3. The van der Waals surface area contributed by atoms with E-state index in [0.29, 0.717) is 18.2 Å². The Hall–Kier alpha value is -1.55. The number of halogens is 1. The molecule has 0 bridgehead atoms. The Morgan fingerprint density at radius 3 is 2.36 bits per heavy atom. The largest absolute Gasteiger partial charge is 0.453 e. The zero-order valence-electron chi connectivity index (χ0n) is 17.6. The zero-order chi connectivity index (χ0) is 20.1. The summed E-state index contributed by atoms with van der Waals surface area (Å²) in [6.45, 7) is 11.3. The van der Waals surface area contributed by atoms with E-state index < -0.39 is 6.09 Å². The molecule has 0 aliphatic rings. The second-order valence-corrected chi connectivity index (χ2v) is 6.46. The van der Waals surface area contributed by atoms with Gasteiger partial charge < -0.3 is 20.1 Å². The molecule has 0 aromatic heterocycles. The van der Waals surface area contributed by atoms with Gasteiger partial charge in [0.2, 0.25) is 0 Å². The maximum absolute atomic E-state index is 11.2. The SMILES string of the molecule is CCNC(=NCc1ccc(NC(=O)OC)cc1)NCCC(OCC)C(C)C.I. The first-order valence-corrected chi connectivity index (χ1v) is 9.57. The van der Waals surface area contributed by atoms with Crippen molar-refractivity contribution in [2.75, 3.05) is 32.1 Å². The average Bonchev–Trinajstić information content (AvgIpc) is 2.66. The van der Waals surface area contributed by atoms with Crippen molar-refractivity contribution in [3.05, 3.63) is 29.8 Å². The number of amides is 1. The fraction of sp³-hybridized carbons (Fsp3) is 0.600. The minimum atomic E-state index is -0.480. The third-order valence-corrected chi connectivity index (χ3v) is 4.00. The Morgan fingerprint density at radius 1 is 1.14 bits per heavy atom. The van der Waals surface area contributed by atoms with Crippen molar-refractivity contribution in [2.24, 2.45) is 10.9 Å². The number of carbonyl (C=O) groups is 1. The van der Waals surface area contributed by atoms with Crippen LogP contribution in [-0.4, -0.2) is 45.0 Å². The van der Waals surface area contributed by atoms with E-state index in [9.17, 15) is 4.79 Å². The lowest BCUT2D eigenvalue weighted by Gasteiger charge is -2.21. The summed E-state index contributed by atoms with van der Waals surface area (Å²) in [5, 5.41) is 9.25. The molecule has 0 saturated carbocycles. The summed E-state index contributed by atoms with van der Waals surface area (Å²) >= 11 is 0. The number of guanidine groups is 1. The van der Waals surface area contributed by atoms with Crippen LogP contribution >= 0.6 is 24.0 Å². The van der Waals surface area contributed by atoms with E-state index in [0.717, 1.165) is 37.6 Å². The molecule has 0 aliphatic carbocycles. The molecule has 1 aromatic rings. The molecule has 0 fully saturated rings. The molecule has 3 N–H and O–H groups in total. The fourth-order valence-corrected chi connectivity index (χ4v) is 2.53. The summed E-state index contributed by atoms with van der Waals surface area (Å²) in [6.07, 6.45) is 0.704. The highest BCUT2D eigenvalue weighted by Crippen LogP contribution is 2.11. The quantitative estimate of drug-likeness (QED) is 0.254. The second-order valence-electron chi connectivity index (χ2n) is 6.46. The van der Waals surface area contributed by atoms with Crippen LogP contribution in [0.4, 0.5) is 10.5 Å². The summed E-state index contributed by atoms with van der Waals surface area (Å²) < 4.78 is 10.4. The van der Waals surface area contributed by atoms with Crippen molar-refractivity contribution in [3.8, 4) is 0 Å². The van der Waals surface area contributed by atoms with Crippen molar-refractivity contribution in [3.63, 3.8) is 0 Å². The van der Waals surface area contributed by atoms with Gasteiger partial charge in [-0.2, -0.15) is 0 Å². The zero-order valence-corrected chi connectivity index (χ0v) is 19.9. The first kappa shape index (κ1) is 26.4.